The van der Waals surface area contributed by atoms with E-state index >= 15 is 0 Å². The van der Waals surface area contributed by atoms with E-state index < -0.39 is 0 Å². The van der Waals surface area contributed by atoms with Crippen LogP contribution in [0.2, 0.25) is 0 Å². The normalized spacial score (nSPS) is 13.2. The molecule has 0 aromatic rings. The first-order chi connectivity index (χ1) is 8.01. The highest BCUT2D eigenvalue weighted by atomic mass is 16.3. The number of aliphatic hydroxyl groups excluding tert-OH is 1. The third kappa shape index (κ3) is 3.86. The molecule has 17 heavy (non-hydrogen) atoms. The van der Waals surface area contributed by atoms with Gasteiger partial charge in [-0.05, 0) is 32.1 Å². The Morgan fingerprint density at radius 3 is 1.76 bits per heavy atom. The maximum absolute atomic E-state index is 12.0. The van der Waals surface area contributed by atoms with Gasteiger partial charge in [-0.2, -0.15) is 0 Å². The van der Waals surface area contributed by atoms with Gasteiger partial charge in [-0.25, -0.2) is 0 Å². The van der Waals surface area contributed by atoms with Crippen molar-refractivity contribution in [2.24, 2.45) is 11.3 Å². The minimum absolute atomic E-state index is 0.0559. The van der Waals surface area contributed by atoms with Crippen molar-refractivity contribution < 1.29 is 9.90 Å². The number of allylic oxidation sites excluding steroid dienone is 2. The fraction of sp³-hybridized carbons (Fsp3) is 0.800. The van der Waals surface area contributed by atoms with Crippen molar-refractivity contribution in [2.75, 3.05) is 0 Å². The summed E-state index contributed by atoms with van der Waals surface area (Å²) in [5.74, 6) is 0.412. The first-order valence-electron chi connectivity index (χ1n) is 6.96. The maximum Gasteiger partial charge on any atom is 0.162 e. The number of rotatable bonds is 8. The number of ketones is 1. The highest BCUT2D eigenvalue weighted by Gasteiger charge is 2.29. The quantitative estimate of drug-likeness (QED) is 0.495. The van der Waals surface area contributed by atoms with Gasteiger partial charge in [0.1, 0.15) is 5.76 Å². The van der Waals surface area contributed by atoms with Gasteiger partial charge in [0.2, 0.25) is 0 Å². The molecule has 0 spiro atoms. The van der Waals surface area contributed by atoms with Crippen molar-refractivity contribution in [3.05, 3.63) is 11.8 Å². The number of carbonyl (C=O) groups excluding carboxylic acids is 1. The molecule has 0 radical (unpaired) electrons. The Labute approximate surface area is 106 Å². The van der Waals surface area contributed by atoms with Crippen LogP contribution >= 0.6 is 0 Å². The van der Waals surface area contributed by atoms with Crippen LogP contribution in [0.3, 0.4) is 0 Å². The lowest BCUT2D eigenvalue weighted by Crippen LogP contribution is -2.22. The fourth-order valence-electron chi connectivity index (χ4n) is 2.39. The van der Waals surface area contributed by atoms with Crippen LogP contribution < -0.4 is 0 Å². The minimum atomic E-state index is -0.207. The molecule has 2 nitrogen and oxygen atoms in total. The van der Waals surface area contributed by atoms with Crippen LogP contribution in [0.4, 0.5) is 0 Å². The number of hydrogen-bond acceptors (Lipinski definition) is 2. The lowest BCUT2D eigenvalue weighted by molar-refractivity contribution is -0.118. The van der Waals surface area contributed by atoms with Crippen molar-refractivity contribution >= 4 is 5.78 Å². The molecule has 1 N–H and O–H groups in total. The van der Waals surface area contributed by atoms with Gasteiger partial charge in [-0.15, -0.1) is 0 Å². The summed E-state index contributed by atoms with van der Waals surface area (Å²) in [4.78, 5) is 12.0. The lowest BCUT2D eigenvalue weighted by Gasteiger charge is -2.29. The molecule has 0 unspecified atom stereocenters. The Bertz CT molecular complexity index is 250. The van der Waals surface area contributed by atoms with Gasteiger partial charge in [0.05, 0.1) is 0 Å². The molecule has 100 valence electrons. The molecule has 0 bridgehead atoms. The molecule has 0 aliphatic heterocycles. The van der Waals surface area contributed by atoms with E-state index in [1.807, 2.05) is 13.8 Å². The van der Waals surface area contributed by atoms with E-state index in [-0.39, 0.29) is 22.9 Å². The topological polar surface area (TPSA) is 37.3 Å². The van der Waals surface area contributed by atoms with Gasteiger partial charge in [-0.3, -0.25) is 4.79 Å². The van der Waals surface area contributed by atoms with Gasteiger partial charge in [0.15, 0.2) is 5.78 Å². The van der Waals surface area contributed by atoms with Crippen LogP contribution in [0.5, 0.6) is 0 Å². The smallest absolute Gasteiger partial charge is 0.162 e. The molecular weight excluding hydrogens is 212 g/mol. The standard InChI is InChI=1S/C15H28O2/c1-6-12(7-2)13(16)11-14(17)15(8-3,9-4)10-5/h11-12,17H,6-10H2,1-5H3. The van der Waals surface area contributed by atoms with Gasteiger partial charge in [-0.1, -0.05) is 34.6 Å². The predicted octanol–water partition coefficient (Wildman–Crippen LogP) is 4.65. The van der Waals surface area contributed by atoms with Gasteiger partial charge in [0, 0.05) is 17.4 Å². The van der Waals surface area contributed by atoms with Crippen molar-refractivity contribution in [3.63, 3.8) is 0 Å². The number of hydrogen-bond donors (Lipinski definition) is 1. The van der Waals surface area contributed by atoms with Crippen molar-refractivity contribution in [1.29, 1.82) is 0 Å². The minimum Gasteiger partial charge on any atom is -0.512 e. The lowest BCUT2D eigenvalue weighted by atomic mass is 9.77. The van der Waals surface area contributed by atoms with E-state index in [0.717, 1.165) is 32.1 Å². The van der Waals surface area contributed by atoms with Crippen molar-refractivity contribution in [1.82, 2.24) is 0 Å². The first kappa shape index (κ1) is 16.2. The molecule has 0 aromatic heterocycles. The highest BCUT2D eigenvalue weighted by molar-refractivity contribution is 5.92. The van der Waals surface area contributed by atoms with Crippen LogP contribution in [0.25, 0.3) is 0 Å². The zero-order valence-corrected chi connectivity index (χ0v) is 12.0. The molecule has 2 heteroatoms. The van der Waals surface area contributed by atoms with E-state index in [9.17, 15) is 9.90 Å². The van der Waals surface area contributed by atoms with E-state index in [2.05, 4.69) is 20.8 Å². The van der Waals surface area contributed by atoms with Crippen LogP contribution in [-0.4, -0.2) is 10.9 Å². The molecule has 0 fully saturated rings. The molecule has 0 rings (SSSR count). The SMILES string of the molecule is CCC(CC)C(=O)C=C(O)C(CC)(CC)CC. The third-order valence-electron chi connectivity index (χ3n) is 4.24. The van der Waals surface area contributed by atoms with Crippen LogP contribution in [0, 0.1) is 11.3 Å². The van der Waals surface area contributed by atoms with Crippen molar-refractivity contribution in [2.45, 2.75) is 66.7 Å². The fourth-order valence-corrected chi connectivity index (χ4v) is 2.39. The van der Waals surface area contributed by atoms with E-state index in [1.54, 1.807) is 0 Å². The Balaban J connectivity index is 4.99. The van der Waals surface area contributed by atoms with E-state index in [0.29, 0.717) is 0 Å². The second-order valence-electron chi connectivity index (χ2n) is 4.79. The van der Waals surface area contributed by atoms with Crippen molar-refractivity contribution in [3.8, 4) is 0 Å². The highest BCUT2D eigenvalue weighted by Crippen LogP contribution is 2.37. The summed E-state index contributed by atoms with van der Waals surface area (Å²) in [5.41, 5.74) is -0.207. The Hall–Kier alpha value is -0.790. The van der Waals surface area contributed by atoms with Crippen LogP contribution in [-0.2, 0) is 4.79 Å². The molecule has 0 heterocycles. The monoisotopic (exact) mass is 240 g/mol. The molecule has 0 saturated carbocycles. The molecule has 0 atom stereocenters. The van der Waals surface area contributed by atoms with Gasteiger partial charge < -0.3 is 5.11 Å². The molecule has 0 aliphatic carbocycles. The van der Waals surface area contributed by atoms with E-state index in [4.69, 9.17) is 0 Å². The Morgan fingerprint density at radius 1 is 1.06 bits per heavy atom. The summed E-state index contributed by atoms with van der Waals surface area (Å²) >= 11 is 0. The summed E-state index contributed by atoms with van der Waals surface area (Å²) in [6, 6.07) is 0. The second kappa shape index (κ2) is 7.52. The average Bonchev–Trinajstić information content (AvgIpc) is 2.33. The number of carbonyl (C=O) groups is 1. The van der Waals surface area contributed by atoms with Gasteiger partial charge >= 0.3 is 0 Å². The molecule has 0 amide bonds. The van der Waals surface area contributed by atoms with Crippen LogP contribution in [0.1, 0.15) is 66.7 Å². The van der Waals surface area contributed by atoms with Crippen LogP contribution in [0.15, 0.2) is 11.8 Å². The molecule has 0 saturated heterocycles. The average molecular weight is 240 g/mol. The summed E-state index contributed by atoms with van der Waals surface area (Å²) < 4.78 is 0. The summed E-state index contributed by atoms with van der Waals surface area (Å²) in [6.07, 6.45) is 5.79. The Morgan fingerprint density at radius 2 is 1.47 bits per heavy atom. The molecular formula is C15H28O2. The number of aliphatic hydroxyl groups is 1. The summed E-state index contributed by atoms with van der Waals surface area (Å²) in [7, 11) is 0. The summed E-state index contributed by atoms with van der Waals surface area (Å²) in [5, 5.41) is 10.2. The molecule has 0 aliphatic rings. The summed E-state index contributed by atoms with van der Waals surface area (Å²) in [6.45, 7) is 10.2. The molecule has 0 aromatic carbocycles. The van der Waals surface area contributed by atoms with Gasteiger partial charge in [0.25, 0.3) is 0 Å². The Kier molecular flexibility index (Phi) is 7.17. The largest absolute Gasteiger partial charge is 0.512 e. The van der Waals surface area contributed by atoms with E-state index in [1.165, 1.54) is 6.08 Å². The predicted molar refractivity (Wildman–Crippen MR) is 73.1 cm³/mol. The zero-order valence-electron chi connectivity index (χ0n) is 12.0. The maximum atomic E-state index is 12.0. The second-order valence-corrected chi connectivity index (χ2v) is 4.79. The zero-order chi connectivity index (χ0) is 13.5. The first-order valence-corrected chi connectivity index (χ1v) is 6.96. The third-order valence-corrected chi connectivity index (χ3v) is 4.24.